The topological polar surface area (TPSA) is 93.5 Å². The van der Waals surface area contributed by atoms with Crippen molar-refractivity contribution in [2.45, 2.75) is 6.54 Å². The van der Waals surface area contributed by atoms with Crippen molar-refractivity contribution in [3.63, 3.8) is 0 Å². The molecular formula is C23H19N3O4S. The first kappa shape index (κ1) is 20.4. The Bertz CT molecular complexity index is 1180. The smallest absolute Gasteiger partial charge is 0.291 e. The number of ether oxygens (including phenoxy) is 1. The van der Waals surface area contributed by atoms with Crippen molar-refractivity contribution in [2.24, 2.45) is 0 Å². The number of methoxy groups -OCH3 is 1. The number of rotatable bonds is 7. The van der Waals surface area contributed by atoms with E-state index in [4.69, 9.17) is 9.15 Å². The van der Waals surface area contributed by atoms with E-state index in [2.05, 4.69) is 15.6 Å². The van der Waals surface area contributed by atoms with E-state index in [9.17, 15) is 9.59 Å². The molecule has 0 atom stereocenters. The average Bonchev–Trinajstić information content (AvgIpc) is 3.50. The van der Waals surface area contributed by atoms with Gasteiger partial charge in [0.1, 0.15) is 16.5 Å². The molecule has 0 saturated heterocycles. The molecule has 2 aromatic heterocycles. The molecule has 0 aliphatic heterocycles. The number of anilines is 1. The summed E-state index contributed by atoms with van der Waals surface area (Å²) in [5, 5.41) is 8.12. The third kappa shape index (κ3) is 4.99. The third-order valence-corrected chi connectivity index (χ3v) is 5.35. The second-order valence-corrected chi connectivity index (χ2v) is 7.44. The van der Waals surface area contributed by atoms with E-state index in [1.54, 1.807) is 36.8 Å². The summed E-state index contributed by atoms with van der Waals surface area (Å²) in [6.45, 7) is 0.304. The van der Waals surface area contributed by atoms with E-state index in [1.807, 2.05) is 36.4 Å². The quantitative estimate of drug-likeness (QED) is 0.444. The minimum atomic E-state index is -0.334. The van der Waals surface area contributed by atoms with Gasteiger partial charge in [0.2, 0.25) is 0 Å². The van der Waals surface area contributed by atoms with Gasteiger partial charge in [0.05, 0.1) is 13.4 Å². The summed E-state index contributed by atoms with van der Waals surface area (Å²) in [5.74, 6) is 0.400. The van der Waals surface area contributed by atoms with Crippen molar-refractivity contribution in [1.82, 2.24) is 10.3 Å². The highest BCUT2D eigenvalue weighted by Gasteiger charge is 2.13. The Labute approximate surface area is 182 Å². The first-order valence-corrected chi connectivity index (χ1v) is 10.3. The predicted molar refractivity (Wildman–Crippen MR) is 118 cm³/mol. The largest absolute Gasteiger partial charge is 0.497 e. The van der Waals surface area contributed by atoms with Crippen LogP contribution in [-0.2, 0) is 6.54 Å². The minimum Gasteiger partial charge on any atom is -0.497 e. The maximum Gasteiger partial charge on any atom is 0.291 e. The van der Waals surface area contributed by atoms with Gasteiger partial charge in [-0.3, -0.25) is 9.59 Å². The van der Waals surface area contributed by atoms with Crippen LogP contribution < -0.4 is 15.4 Å². The molecule has 0 aliphatic carbocycles. The van der Waals surface area contributed by atoms with Crippen LogP contribution in [0.5, 0.6) is 5.75 Å². The molecule has 0 spiro atoms. The first-order chi connectivity index (χ1) is 15.1. The molecule has 0 bridgehead atoms. The number of carbonyl (C=O) groups excluding carboxylic acids is 2. The van der Waals surface area contributed by atoms with Crippen LogP contribution in [0.4, 0.5) is 5.69 Å². The summed E-state index contributed by atoms with van der Waals surface area (Å²) >= 11 is 1.40. The summed E-state index contributed by atoms with van der Waals surface area (Å²) < 4.78 is 10.3. The van der Waals surface area contributed by atoms with E-state index in [0.29, 0.717) is 17.9 Å². The van der Waals surface area contributed by atoms with E-state index in [1.165, 1.54) is 17.6 Å². The van der Waals surface area contributed by atoms with Gasteiger partial charge in [-0.05, 0) is 54.1 Å². The van der Waals surface area contributed by atoms with Gasteiger partial charge in [-0.25, -0.2) is 4.98 Å². The van der Waals surface area contributed by atoms with Gasteiger partial charge in [-0.15, -0.1) is 11.3 Å². The predicted octanol–water partition coefficient (Wildman–Crippen LogP) is 4.59. The number of thiazole rings is 1. The number of furan rings is 1. The molecular weight excluding hydrogens is 414 g/mol. The molecule has 7 nitrogen and oxygen atoms in total. The van der Waals surface area contributed by atoms with E-state index in [-0.39, 0.29) is 17.6 Å². The number of aromatic nitrogens is 1. The van der Waals surface area contributed by atoms with Crippen LogP contribution in [0, 0.1) is 0 Å². The Kier molecular flexibility index (Phi) is 6.09. The molecule has 0 saturated carbocycles. The maximum atomic E-state index is 12.5. The summed E-state index contributed by atoms with van der Waals surface area (Å²) in [6, 6.07) is 18.0. The molecule has 156 valence electrons. The molecule has 2 heterocycles. The first-order valence-electron chi connectivity index (χ1n) is 9.44. The van der Waals surface area contributed by atoms with Gasteiger partial charge in [0.25, 0.3) is 11.8 Å². The van der Waals surface area contributed by atoms with Crippen LogP contribution >= 0.6 is 11.3 Å². The highest BCUT2D eigenvalue weighted by Crippen LogP contribution is 2.25. The number of nitrogens with one attached hydrogen (secondary N) is 2. The van der Waals surface area contributed by atoms with Gasteiger partial charge in [-0.2, -0.15) is 0 Å². The molecule has 2 amide bonds. The molecule has 31 heavy (non-hydrogen) atoms. The zero-order valence-corrected chi connectivity index (χ0v) is 17.4. The van der Waals surface area contributed by atoms with Crippen LogP contribution in [0.3, 0.4) is 0 Å². The lowest BCUT2D eigenvalue weighted by molar-refractivity contribution is 0.0945. The Morgan fingerprint density at radius 3 is 2.65 bits per heavy atom. The van der Waals surface area contributed by atoms with Gasteiger partial charge in [-0.1, -0.05) is 12.1 Å². The van der Waals surface area contributed by atoms with E-state index >= 15 is 0 Å². The molecule has 0 radical (unpaired) electrons. The van der Waals surface area contributed by atoms with Gasteiger partial charge in [0, 0.05) is 23.2 Å². The van der Waals surface area contributed by atoms with Crippen LogP contribution in [0.25, 0.3) is 10.6 Å². The fraction of sp³-hybridized carbons (Fsp3) is 0.0870. The van der Waals surface area contributed by atoms with E-state index in [0.717, 1.165) is 21.9 Å². The standard InChI is InChI=1S/C23H19N3O4S/c1-29-18-9-7-16(8-10-18)23-26-19(14-31-23)21(27)24-13-15-4-2-5-17(12-15)25-22(28)20-6-3-11-30-20/h2-12,14H,13H2,1H3,(H,24,27)(H,25,28). The van der Waals surface area contributed by atoms with Crippen molar-refractivity contribution in [3.8, 4) is 16.3 Å². The van der Waals surface area contributed by atoms with Crippen molar-refractivity contribution >= 4 is 28.8 Å². The van der Waals surface area contributed by atoms with Crippen LogP contribution in [-0.4, -0.2) is 23.9 Å². The summed E-state index contributed by atoms with van der Waals surface area (Å²) in [7, 11) is 1.61. The number of amides is 2. The highest BCUT2D eigenvalue weighted by molar-refractivity contribution is 7.13. The fourth-order valence-electron chi connectivity index (χ4n) is 2.88. The number of hydrogen-bond donors (Lipinski definition) is 2. The molecule has 4 aromatic rings. The Balaban J connectivity index is 1.36. The van der Waals surface area contributed by atoms with Gasteiger partial charge < -0.3 is 19.8 Å². The van der Waals surface area contributed by atoms with Crippen molar-refractivity contribution in [1.29, 1.82) is 0 Å². The minimum absolute atomic E-state index is 0.231. The SMILES string of the molecule is COc1ccc(-c2nc(C(=O)NCc3cccc(NC(=O)c4ccco4)c3)cs2)cc1. The Morgan fingerprint density at radius 2 is 1.90 bits per heavy atom. The molecule has 0 aliphatic rings. The van der Waals surface area contributed by atoms with Crippen LogP contribution in [0.15, 0.2) is 76.7 Å². The number of hydrogen-bond acceptors (Lipinski definition) is 6. The summed E-state index contributed by atoms with van der Waals surface area (Å²) in [4.78, 5) is 29.0. The van der Waals surface area contributed by atoms with Crippen molar-refractivity contribution in [2.75, 3.05) is 12.4 Å². The van der Waals surface area contributed by atoms with Crippen molar-refractivity contribution < 1.29 is 18.7 Å². The number of benzene rings is 2. The van der Waals surface area contributed by atoms with Gasteiger partial charge in [0.15, 0.2) is 5.76 Å². The van der Waals surface area contributed by atoms with Gasteiger partial charge >= 0.3 is 0 Å². The zero-order chi connectivity index (χ0) is 21.6. The highest BCUT2D eigenvalue weighted by atomic mass is 32.1. The zero-order valence-electron chi connectivity index (χ0n) is 16.6. The van der Waals surface area contributed by atoms with E-state index < -0.39 is 0 Å². The normalized spacial score (nSPS) is 10.5. The number of nitrogens with zero attached hydrogens (tertiary/aromatic N) is 1. The third-order valence-electron chi connectivity index (χ3n) is 4.46. The lowest BCUT2D eigenvalue weighted by Crippen LogP contribution is -2.23. The molecule has 0 fully saturated rings. The second-order valence-electron chi connectivity index (χ2n) is 6.58. The molecule has 2 N–H and O–H groups in total. The lowest BCUT2D eigenvalue weighted by atomic mass is 10.2. The Hall–Kier alpha value is -3.91. The monoisotopic (exact) mass is 433 g/mol. The summed E-state index contributed by atoms with van der Waals surface area (Å²) in [5.41, 5.74) is 2.74. The number of carbonyl (C=O) groups is 2. The molecule has 4 rings (SSSR count). The van der Waals surface area contributed by atoms with Crippen LogP contribution in [0.2, 0.25) is 0 Å². The lowest BCUT2D eigenvalue weighted by Gasteiger charge is -2.07. The average molecular weight is 433 g/mol. The van der Waals surface area contributed by atoms with Crippen molar-refractivity contribution in [3.05, 3.63) is 89.3 Å². The summed E-state index contributed by atoms with van der Waals surface area (Å²) in [6.07, 6.45) is 1.44. The second kappa shape index (κ2) is 9.27. The molecule has 0 unspecified atom stereocenters. The fourth-order valence-corrected chi connectivity index (χ4v) is 3.68. The Morgan fingerprint density at radius 1 is 1.06 bits per heavy atom. The maximum absolute atomic E-state index is 12.5. The van der Waals surface area contributed by atoms with Crippen LogP contribution in [0.1, 0.15) is 26.6 Å². The molecule has 8 heteroatoms. The molecule has 2 aromatic carbocycles.